The fourth-order valence-electron chi connectivity index (χ4n) is 12.1. The Labute approximate surface area is 445 Å². The van der Waals surface area contributed by atoms with Crippen molar-refractivity contribution in [3.05, 3.63) is 186 Å². The van der Waals surface area contributed by atoms with Gasteiger partial charge in [-0.1, -0.05) is 186 Å². The zero-order chi connectivity index (χ0) is 51.6. The minimum absolute atomic E-state index is 0.00537. The first kappa shape index (κ1) is 48.3. The molecule has 370 valence electrons. The molecule has 0 fully saturated rings. The summed E-state index contributed by atoms with van der Waals surface area (Å²) in [5.74, 6) is 0. The van der Waals surface area contributed by atoms with Crippen LogP contribution in [0.5, 0.6) is 0 Å². The van der Waals surface area contributed by atoms with E-state index in [0.717, 1.165) is 25.7 Å². The lowest BCUT2D eigenvalue weighted by Crippen LogP contribution is -2.60. The van der Waals surface area contributed by atoms with Crippen LogP contribution in [0.4, 0.5) is 34.1 Å². The number of nitrogens with zero attached hydrogens (tertiary/aromatic N) is 2. The molecule has 0 bridgehead atoms. The number of hydrogen-bond acceptors (Lipinski definition) is 3. The highest BCUT2D eigenvalue weighted by Crippen LogP contribution is 2.51. The molecule has 0 atom stereocenters. The van der Waals surface area contributed by atoms with E-state index in [2.05, 4.69) is 257 Å². The van der Waals surface area contributed by atoms with E-state index >= 15 is 0 Å². The number of thiophene rings is 1. The molecule has 0 unspecified atom stereocenters. The zero-order valence-electron chi connectivity index (χ0n) is 45.8. The van der Waals surface area contributed by atoms with E-state index in [1.54, 1.807) is 0 Å². The van der Waals surface area contributed by atoms with Gasteiger partial charge in [0, 0.05) is 43.2 Å². The summed E-state index contributed by atoms with van der Waals surface area (Å²) in [6.45, 7) is 28.5. The fourth-order valence-corrected chi connectivity index (χ4v) is 13.4. The van der Waals surface area contributed by atoms with E-state index in [0.29, 0.717) is 0 Å². The number of rotatable bonds is 11. The second-order valence-corrected chi connectivity index (χ2v) is 25.3. The Morgan fingerprint density at radius 1 is 0.392 bits per heavy atom. The fraction of sp³-hybridized carbons (Fsp3) is 0.286. The molecule has 0 spiro atoms. The molecule has 0 radical (unpaired) electrons. The van der Waals surface area contributed by atoms with Crippen molar-refractivity contribution in [1.82, 2.24) is 0 Å². The molecule has 0 saturated carbocycles. The lowest BCUT2D eigenvalue weighted by Gasteiger charge is -2.44. The number of anilines is 6. The normalized spacial score (nSPS) is 13.8. The summed E-state index contributed by atoms with van der Waals surface area (Å²) in [6.07, 6.45) is 4.24. The third kappa shape index (κ3) is 7.40. The van der Waals surface area contributed by atoms with Gasteiger partial charge in [-0.05, 0) is 179 Å². The molecule has 74 heavy (non-hydrogen) atoms. The maximum atomic E-state index is 2.65. The predicted molar refractivity (Wildman–Crippen MR) is 327 cm³/mol. The van der Waals surface area contributed by atoms with Gasteiger partial charge < -0.3 is 9.80 Å². The lowest BCUT2D eigenvalue weighted by molar-refractivity contribution is 0.506. The molecule has 2 aliphatic heterocycles. The standard InChI is InChI=1S/C70H71BN2S/c1-13-67(5,6)45-29-34-49(35-30-45)72-61-26-21-27-62-64(61)71(66-65(72)57-42-47(69(9,10)15-3)33-39-63(57)74-66)58-43-48(70(11,12)16-4)32-38-60(58)73(62)59-37-31-46(68(7,8)14-2)41-55(59)44-28-36-54-52-24-18-17-22-50(52)51-23-19-20-25-53(51)56(54)40-44/h17-43H,13-16H2,1-12H3. The summed E-state index contributed by atoms with van der Waals surface area (Å²) in [6, 6.07) is 64.2. The Bertz CT molecular complexity index is 3830. The molecule has 3 heterocycles. The predicted octanol–water partition coefficient (Wildman–Crippen LogP) is 18.9. The Hall–Kier alpha value is -6.62. The molecule has 0 amide bonds. The summed E-state index contributed by atoms with van der Waals surface area (Å²) in [4.78, 5) is 5.30. The monoisotopic (exact) mass is 983 g/mol. The van der Waals surface area contributed by atoms with Crippen LogP contribution in [0.1, 0.15) is 131 Å². The average Bonchev–Trinajstić information content (AvgIpc) is 3.81. The van der Waals surface area contributed by atoms with Crippen molar-refractivity contribution in [2.45, 2.75) is 130 Å². The van der Waals surface area contributed by atoms with Crippen molar-refractivity contribution in [3.63, 3.8) is 0 Å². The molecular formula is C70H71BN2S. The van der Waals surface area contributed by atoms with E-state index in [1.807, 2.05) is 11.3 Å². The van der Waals surface area contributed by atoms with Crippen LogP contribution in [0.15, 0.2) is 164 Å². The molecule has 9 aromatic carbocycles. The first-order chi connectivity index (χ1) is 35.5. The van der Waals surface area contributed by atoms with Crippen LogP contribution in [0.25, 0.3) is 53.5 Å². The maximum Gasteiger partial charge on any atom is 0.264 e. The van der Waals surface area contributed by atoms with Gasteiger partial charge in [0.2, 0.25) is 0 Å². The highest BCUT2D eigenvalue weighted by atomic mass is 32.1. The molecule has 0 N–H and O–H groups in total. The van der Waals surface area contributed by atoms with Crippen LogP contribution in [0.3, 0.4) is 0 Å². The van der Waals surface area contributed by atoms with E-state index in [9.17, 15) is 0 Å². The third-order valence-corrected chi connectivity index (χ3v) is 19.9. The highest BCUT2D eigenvalue weighted by Gasteiger charge is 2.46. The van der Waals surface area contributed by atoms with Crippen molar-refractivity contribution in [2.75, 3.05) is 9.80 Å². The van der Waals surface area contributed by atoms with Crippen LogP contribution in [0.2, 0.25) is 0 Å². The molecule has 2 nitrogen and oxygen atoms in total. The van der Waals surface area contributed by atoms with Gasteiger partial charge in [0.05, 0.1) is 11.4 Å². The largest absolute Gasteiger partial charge is 0.311 e. The summed E-state index contributed by atoms with van der Waals surface area (Å²) >= 11 is 2.00. The van der Waals surface area contributed by atoms with Crippen LogP contribution in [-0.2, 0) is 21.7 Å². The van der Waals surface area contributed by atoms with Crippen LogP contribution in [-0.4, -0.2) is 6.71 Å². The summed E-state index contributed by atoms with van der Waals surface area (Å²) in [7, 11) is 0. The maximum absolute atomic E-state index is 2.65. The van der Waals surface area contributed by atoms with Gasteiger partial charge in [-0.2, -0.15) is 0 Å². The Kier molecular flexibility index (Phi) is 11.4. The Morgan fingerprint density at radius 2 is 0.878 bits per heavy atom. The van der Waals surface area contributed by atoms with E-state index in [4.69, 9.17) is 0 Å². The summed E-state index contributed by atoms with van der Waals surface area (Å²) < 4.78 is 2.77. The van der Waals surface area contributed by atoms with Crippen LogP contribution < -0.4 is 25.5 Å². The third-order valence-electron chi connectivity index (χ3n) is 18.7. The highest BCUT2D eigenvalue weighted by molar-refractivity contribution is 7.33. The van der Waals surface area contributed by atoms with Crippen molar-refractivity contribution < 1.29 is 0 Å². The molecule has 0 aliphatic carbocycles. The summed E-state index contributed by atoms with van der Waals surface area (Å²) in [5.41, 5.74) is 18.3. The average molecular weight is 983 g/mol. The number of fused-ring (bicyclic) bond motifs is 12. The van der Waals surface area contributed by atoms with Crippen molar-refractivity contribution >= 4 is 110 Å². The van der Waals surface area contributed by atoms with Gasteiger partial charge in [-0.3, -0.25) is 0 Å². The molecule has 12 rings (SSSR count). The van der Waals surface area contributed by atoms with Crippen molar-refractivity contribution in [2.24, 2.45) is 0 Å². The van der Waals surface area contributed by atoms with Gasteiger partial charge in [0.15, 0.2) is 0 Å². The molecule has 1 aromatic heterocycles. The van der Waals surface area contributed by atoms with Crippen molar-refractivity contribution in [1.29, 1.82) is 0 Å². The molecule has 10 aromatic rings. The van der Waals surface area contributed by atoms with Gasteiger partial charge in [0.1, 0.15) is 0 Å². The first-order valence-corrected chi connectivity index (χ1v) is 28.3. The zero-order valence-corrected chi connectivity index (χ0v) is 46.6. The quantitative estimate of drug-likeness (QED) is 0.0941. The minimum Gasteiger partial charge on any atom is -0.311 e. The molecule has 4 heteroatoms. The smallest absolute Gasteiger partial charge is 0.264 e. The molecule has 2 aliphatic rings. The number of benzene rings is 9. The van der Waals surface area contributed by atoms with Gasteiger partial charge in [0.25, 0.3) is 6.71 Å². The topological polar surface area (TPSA) is 6.48 Å². The van der Waals surface area contributed by atoms with Gasteiger partial charge >= 0.3 is 0 Å². The van der Waals surface area contributed by atoms with Gasteiger partial charge in [-0.15, -0.1) is 11.3 Å². The second-order valence-electron chi connectivity index (χ2n) is 24.2. The van der Waals surface area contributed by atoms with Gasteiger partial charge in [-0.25, -0.2) is 0 Å². The first-order valence-electron chi connectivity index (χ1n) is 27.5. The summed E-state index contributed by atoms with van der Waals surface area (Å²) in [5, 5.41) is 9.12. The van der Waals surface area contributed by atoms with Crippen molar-refractivity contribution in [3.8, 4) is 11.1 Å². The minimum atomic E-state index is -0.0172. The second kappa shape index (κ2) is 17.5. The van der Waals surface area contributed by atoms with E-state index in [-0.39, 0.29) is 28.4 Å². The van der Waals surface area contributed by atoms with E-state index < -0.39 is 0 Å². The van der Waals surface area contributed by atoms with E-state index in [1.165, 1.54) is 126 Å². The number of hydrogen-bond donors (Lipinski definition) is 0. The lowest BCUT2D eigenvalue weighted by atomic mass is 9.36. The Morgan fingerprint density at radius 3 is 1.47 bits per heavy atom. The molecular weight excluding hydrogens is 912 g/mol. The molecule has 0 saturated heterocycles. The van der Waals surface area contributed by atoms with Crippen LogP contribution >= 0.6 is 11.3 Å². The SMILES string of the molecule is CCC(C)(C)c1ccc(N2c3cccc4c3B(c3cc(C(C)(C)CC)ccc3N4c3ccc(C(C)(C)CC)cc3-c3ccc4c5ccccc5c5ccccc5c4c3)c3sc4ccc(C(C)(C)CC)cc4c32)cc1. The Balaban J connectivity index is 1.17. The van der Waals surface area contributed by atoms with Crippen LogP contribution in [0, 0.1) is 0 Å².